The summed E-state index contributed by atoms with van der Waals surface area (Å²) in [6, 6.07) is -0.110. The zero-order valence-corrected chi connectivity index (χ0v) is 11.0. The predicted molar refractivity (Wildman–Crippen MR) is 64.9 cm³/mol. The Balaban J connectivity index is 2.45. The molecule has 0 radical (unpaired) electrons. The first-order valence-corrected chi connectivity index (χ1v) is 6.23. The van der Waals surface area contributed by atoms with Crippen molar-refractivity contribution in [2.45, 2.75) is 65.5 Å². The Morgan fingerprint density at radius 2 is 2.12 bits per heavy atom. The van der Waals surface area contributed by atoms with Gasteiger partial charge in [-0.2, -0.15) is 0 Å². The molecule has 0 aliphatic heterocycles. The molecule has 3 atom stereocenters. The topological polar surface area (TPSA) is 52.3 Å². The standard InChI is InChI=1S/C13H25NO2/c1-9-5-11(8-13(3,4)7-9)16-12(15)6-10(2)14/h9-11H,5-8,14H2,1-4H3. The first-order chi connectivity index (χ1) is 7.28. The molecule has 0 bridgehead atoms. The van der Waals surface area contributed by atoms with Crippen LogP contribution < -0.4 is 5.73 Å². The number of nitrogens with two attached hydrogens (primary N) is 1. The summed E-state index contributed by atoms with van der Waals surface area (Å²) in [7, 11) is 0. The van der Waals surface area contributed by atoms with Crippen molar-refractivity contribution in [3.8, 4) is 0 Å². The highest BCUT2D eigenvalue weighted by Gasteiger charge is 2.33. The van der Waals surface area contributed by atoms with E-state index in [1.54, 1.807) is 0 Å². The molecule has 1 fully saturated rings. The third-order valence-corrected chi connectivity index (χ3v) is 3.13. The molecule has 1 aliphatic rings. The summed E-state index contributed by atoms with van der Waals surface area (Å²) in [6.07, 6.45) is 3.60. The predicted octanol–water partition coefficient (Wildman–Crippen LogP) is 2.48. The minimum absolute atomic E-state index is 0.0880. The van der Waals surface area contributed by atoms with Crippen molar-refractivity contribution >= 4 is 5.97 Å². The van der Waals surface area contributed by atoms with Crippen LogP contribution in [0.5, 0.6) is 0 Å². The number of carbonyl (C=O) groups is 1. The molecule has 1 aliphatic carbocycles. The van der Waals surface area contributed by atoms with Crippen LogP contribution in [0.15, 0.2) is 0 Å². The molecule has 94 valence electrons. The molecule has 3 nitrogen and oxygen atoms in total. The first kappa shape index (κ1) is 13.5. The van der Waals surface area contributed by atoms with Gasteiger partial charge in [-0.25, -0.2) is 0 Å². The molecule has 0 aromatic carbocycles. The fraction of sp³-hybridized carbons (Fsp3) is 0.923. The van der Waals surface area contributed by atoms with E-state index in [1.807, 2.05) is 6.92 Å². The average molecular weight is 227 g/mol. The summed E-state index contributed by atoms with van der Waals surface area (Å²) < 4.78 is 5.49. The Bertz CT molecular complexity index is 248. The van der Waals surface area contributed by atoms with E-state index in [0.717, 1.165) is 12.8 Å². The second kappa shape index (κ2) is 5.17. The van der Waals surface area contributed by atoms with Gasteiger partial charge in [-0.1, -0.05) is 20.8 Å². The molecule has 0 amide bonds. The van der Waals surface area contributed by atoms with Crippen molar-refractivity contribution in [1.82, 2.24) is 0 Å². The highest BCUT2D eigenvalue weighted by atomic mass is 16.5. The van der Waals surface area contributed by atoms with Crippen LogP contribution in [0.4, 0.5) is 0 Å². The maximum atomic E-state index is 11.5. The van der Waals surface area contributed by atoms with Crippen LogP contribution in [0, 0.1) is 11.3 Å². The summed E-state index contributed by atoms with van der Waals surface area (Å²) in [6.45, 7) is 8.55. The van der Waals surface area contributed by atoms with Gasteiger partial charge in [0.25, 0.3) is 0 Å². The van der Waals surface area contributed by atoms with Crippen LogP contribution in [-0.2, 0) is 9.53 Å². The van der Waals surface area contributed by atoms with E-state index in [-0.39, 0.29) is 23.5 Å². The fourth-order valence-corrected chi connectivity index (χ4v) is 2.85. The van der Waals surface area contributed by atoms with Crippen molar-refractivity contribution in [1.29, 1.82) is 0 Å². The molecule has 2 N–H and O–H groups in total. The zero-order chi connectivity index (χ0) is 12.3. The van der Waals surface area contributed by atoms with Crippen LogP contribution >= 0.6 is 0 Å². The quantitative estimate of drug-likeness (QED) is 0.754. The van der Waals surface area contributed by atoms with Gasteiger partial charge in [-0.05, 0) is 37.5 Å². The Kier molecular flexibility index (Phi) is 4.36. The minimum Gasteiger partial charge on any atom is -0.462 e. The maximum absolute atomic E-state index is 11.5. The number of esters is 1. The smallest absolute Gasteiger partial charge is 0.307 e. The van der Waals surface area contributed by atoms with E-state index in [2.05, 4.69) is 20.8 Å². The van der Waals surface area contributed by atoms with Crippen LogP contribution in [0.25, 0.3) is 0 Å². The van der Waals surface area contributed by atoms with Crippen molar-refractivity contribution < 1.29 is 9.53 Å². The largest absolute Gasteiger partial charge is 0.462 e. The van der Waals surface area contributed by atoms with Gasteiger partial charge in [0, 0.05) is 6.04 Å². The molecule has 0 aromatic rings. The fourth-order valence-electron chi connectivity index (χ4n) is 2.85. The monoisotopic (exact) mass is 227 g/mol. The number of ether oxygens (including phenoxy) is 1. The summed E-state index contributed by atoms with van der Waals surface area (Å²) in [4.78, 5) is 11.5. The molecule has 3 unspecified atom stereocenters. The lowest BCUT2D eigenvalue weighted by atomic mass is 9.71. The molecular weight excluding hydrogens is 202 g/mol. The van der Waals surface area contributed by atoms with Gasteiger partial charge >= 0.3 is 5.97 Å². The second-order valence-electron chi connectivity index (χ2n) is 6.21. The highest BCUT2D eigenvalue weighted by molar-refractivity contribution is 5.70. The number of hydrogen-bond donors (Lipinski definition) is 1. The van der Waals surface area contributed by atoms with Gasteiger partial charge in [0.2, 0.25) is 0 Å². The normalized spacial score (nSPS) is 30.8. The van der Waals surface area contributed by atoms with E-state index in [1.165, 1.54) is 6.42 Å². The van der Waals surface area contributed by atoms with Crippen molar-refractivity contribution in [2.75, 3.05) is 0 Å². The molecule has 0 spiro atoms. The molecule has 0 heterocycles. The third-order valence-electron chi connectivity index (χ3n) is 3.13. The Morgan fingerprint density at radius 3 is 2.62 bits per heavy atom. The molecular formula is C13H25NO2. The minimum atomic E-state index is -0.148. The SMILES string of the molecule is CC(N)CC(=O)OC1CC(C)CC(C)(C)C1. The summed E-state index contributed by atoms with van der Waals surface area (Å²) in [5.74, 6) is 0.488. The Morgan fingerprint density at radius 1 is 1.50 bits per heavy atom. The maximum Gasteiger partial charge on any atom is 0.307 e. The highest BCUT2D eigenvalue weighted by Crippen LogP contribution is 2.39. The number of rotatable bonds is 3. The van der Waals surface area contributed by atoms with Gasteiger partial charge < -0.3 is 10.5 Å². The van der Waals surface area contributed by atoms with Gasteiger partial charge in [0.15, 0.2) is 0 Å². The lowest BCUT2D eigenvalue weighted by Gasteiger charge is -2.38. The van der Waals surface area contributed by atoms with Crippen molar-refractivity contribution in [3.63, 3.8) is 0 Å². The Labute approximate surface area is 98.7 Å². The van der Waals surface area contributed by atoms with Gasteiger partial charge in [0.1, 0.15) is 6.10 Å². The molecule has 1 saturated carbocycles. The van der Waals surface area contributed by atoms with E-state index < -0.39 is 0 Å². The van der Waals surface area contributed by atoms with E-state index in [0.29, 0.717) is 12.3 Å². The van der Waals surface area contributed by atoms with Crippen molar-refractivity contribution in [3.05, 3.63) is 0 Å². The van der Waals surface area contributed by atoms with Gasteiger partial charge in [-0.3, -0.25) is 4.79 Å². The van der Waals surface area contributed by atoms with E-state index >= 15 is 0 Å². The molecule has 1 rings (SSSR count). The molecule has 0 saturated heterocycles. The summed E-state index contributed by atoms with van der Waals surface area (Å²) in [5.41, 5.74) is 5.87. The van der Waals surface area contributed by atoms with Gasteiger partial charge in [0.05, 0.1) is 6.42 Å². The van der Waals surface area contributed by atoms with Crippen molar-refractivity contribution in [2.24, 2.45) is 17.1 Å². The Hall–Kier alpha value is -0.570. The van der Waals surface area contributed by atoms with E-state index in [4.69, 9.17) is 10.5 Å². The summed E-state index contributed by atoms with van der Waals surface area (Å²) in [5, 5.41) is 0. The lowest BCUT2D eigenvalue weighted by molar-refractivity contribution is -0.153. The van der Waals surface area contributed by atoms with Crippen LogP contribution in [0.1, 0.15) is 53.4 Å². The number of carbonyl (C=O) groups excluding carboxylic acids is 1. The third kappa shape index (κ3) is 4.52. The summed E-state index contributed by atoms with van der Waals surface area (Å²) >= 11 is 0. The molecule has 0 aromatic heterocycles. The first-order valence-electron chi connectivity index (χ1n) is 6.23. The van der Waals surface area contributed by atoms with Gasteiger partial charge in [-0.15, -0.1) is 0 Å². The van der Waals surface area contributed by atoms with E-state index in [9.17, 15) is 4.79 Å². The van der Waals surface area contributed by atoms with Crippen LogP contribution in [-0.4, -0.2) is 18.1 Å². The average Bonchev–Trinajstić information content (AvgIpc) is 1.95. The number of hydrogen-bond acceptors (Lipinski definition) is 3. The second-order valence-corrected chi connectivity index (χ2v) is 6.21. The van der Waals surface area contributed by atoms with Crippen LogP contribution in [0.2, 0.25) is 0 Å². The lowest BCUT2D eigenvalue weighted by Crippen LogP contribution is -2.34. The van der Waals surface area contributed by atoms with Crippen LogP contribution in [0.3, 0.4) is 0 Å². The molecule has 16 heavy (non-hydrogen) atoms. The molecule has 3 heteroatoms. The zero-order valence-electron chi connectivity index (χ0n) is 11.0.